The first kappa shape index (κ1) is 17.6. The van der Waals surface area contributed by atoms with E-state index < -0.39 is 0 Å². The Bertz CT molecular complexity index is 871. The fourth-order valence-electron chi connectivity index (χ4n) is 3.59. The van der Waals surface area contributed by atoms with Gasteiger partial charge in [-0.3, -0.25) is 5.01 Å². The molecule has 0 saturated carbocycles. The van der Waals surface area contributed by atoms with Crippen LogP contribution < -0.4 is 4.74 Å². The molecule has 0 saturated heterocycles. The number of aryl methyl sites for hydroxylation is 1. The van der Waals surface area contributed by atoms with Crippen LogP contribution in [0.15, 0.2) is 41.5 Å². The molecule has 0 spiro atoms. The Labute approximate surface area is 162 Å². The average molecular weight is 389 g/mol. The molecule has 0 radical (unpaired) electrons. The Morgan fingerprint density at radius 1 is 1.31 bits per heavy atom. The number of fused-ring (bicyclic) bond motifs is 3. The van der Waals surface area contributed by atoms with E-state index >= 15 is 0 Å². The van der Waals surface area contributed by atoms with E-state index in [1.54, 1.807) is 17.8 Å². The van der Waals surface area contributed by atoms with E-state index in [0.29, 0.717) is 5.02 Å². The fraction of sp³-hybridized carbons (Fsp3) is 0.350. The number of phenols is 1. The number of hydrogen-bond acceptors (Lipinski definition) is 5. The summed E-state index contributed by atoms with van der Waals surface area (Å²) in [5, 5.41) is 17.9. The third kappa shape index (κ3) is 3.14. The molecule has 26 heavy (non-hydrogen) atoms. The summed E-state index contributed by atoms with van der Waals surface area (Å²) in [6.07, 6.45) is 3.60. The lowest BCUT2D eigenvalue weighted by Gasteiger charge is -2.38. The minimum absolute atomic E-state index is 0.0826. The molecule has 0 unspecified atom stereocenters. The predicted octanol–water partition coefficient (Wildman–Crippen LogP) is 4.98. The highest BCUT2D eigenvalue weighted by Crippen LogP contribution is 2.45. The molecule has 2 aromatic carbocycles. The van der Waals surface area contributed by atoms with Crippen molar-refractivity contribution in [2.24, 2.45) is 5.10 Å². The Balaban J connectivity index is 1.74. The van der Waals surface area contributed by atoms with Gasteiger partial charge in [-0.1, -0.05) is 23.2 Å². The molecule has 0 bridgehead atoms. The summed E-state index contributed by atoms with van der Waals surface area (Å²) in [5.74, 6) is 2.14. The summed E-state index contributed by atoms with van der Waals surface area (Å²) in [7, 11) is 0. The van der Waals surface area contributed by atoms with E-state index in [2.05, 4.69) is 6.26 Å². The van der Waals surface area contributed by atoms with E-state index in [9.17, 15) is 5.11 Å². The van der Waals surface area contributed by atoms with Crippen molar-refractivity contribution in [3.63, 3.8) is 0 Å². The van der Waals surface area contributed by atoms with Gasteiger partial charge in [0.2, 0.25) is 0 Å². The predicted molar refractivity (Wildman–Crippen MR) is 107 cm³/mol. The quantitative estimate of drug-likeness (QED) is 0.802. The van der Waals surface area contributed by atoms with Crippen molar-refractivity contribution in [1.82, 2.24) is 5.01 Å². The Hall–Kier alpha value is -1.85. The van der Waals surface area contributed by atoms with Crippen LogP contribution in [0.25, 0.3) is 0 Å². The SMILES string of the molecule is CSCC[C@@H]1Oc2ccc(Cl)cc2[C@H]2CC(c3cc(C)ccc3O)=NN12. The van der Waals surface area contributed by atoms with E-state index in [0.717, 1.165) is 46.7 Å². The molecular weight excluding hydrogens is 368 g/mol. The van der Waals surface area contributed by atoms with Gasteiger partial charge in [0.1, 0.15) is 11.5 Å². The maximum Gasteiger partial charge on any atom is 0.188 e. The number of ether oxygens (including phenoxy) is 1. The molecule has 2 aliphatic rings. The third-order valence-corrected chi connectivity index (χ3v) is 5.74. The summed E-state index contributed by atoms with van der Waals surface area (Å²) in [6, 6.07) is 11.5. The highest BCUT2D eigenvalue weighted by molar-refractivity contribution is 7.98. The van der Waals surface area contributed by atoms with E-state index in [4.69, 9.17) is 21.4 Å². The van der Waals surface area contributed by atoms with E-state index in [1.807, 2.05) is 42.3 Å². The highest BCUT2D eigenvalue weighted by atomic mass is 35.5. The van der Waals surface area contributed by atoms with Gasteiger partial charge in [-0.2, -0.15) is 16.9 Å². The first-order valence-corrected chi connectivity index (χ1v) is 10.4. The first-order chi connectivity index (χ1) is 12.6. The van der Waals surface area contributed by atoms with Gasteiger partial charge < -0.3 is 9.84 Å². The summed E-state index contributed by atoms with van der Waals surface area (Å²) in [6.45, 7) is 2.02. The molecule has 136 valence electrons. The van der Waals surface area contributed by atoms with Crippen LogP contribution in [-0.4, -0.2) is 34.1 Å². The number of nitrogens with zero attached hydrogens (tertiary/aromatic N) is 2. The van der Waals surface area contributed by atoms with Gasteiger partial charge in [0, 0.05) is 29.0 Å². The molecule has 2 aromatic rings. The summed E-state index contributed by atoms with van der Waals surface area (Å²) >= 11 is 8.03. The molecule has 0 aromatic heterocycles. The number of aromatic hydroxyl groups is 1. The van der Waals surface area contributed by atoms with Gasteiger partial charge in [-0.25, -0.2) is 0 Å². The molecule has 1 N–H and O–H groups in total. The van der Waals surface area contributed by atoms with Crippen molar-refractivity contribution in [3.05, 3.63) is 58.1 Å². The molecule has 0 aliphatic carbocycles. The van der Waals surface area contributed by atoms with Crippen molar-refractivity contribution in [2.75, 3.05) is 12.0 Å². The second-order valence-electron chi connectivity index (χ2n) is 6.70. The standard InChI is InChI=1S/C20H21ClN2O2S/c1-12-3-5-18(24)14(9-12)16-11-17-15-10-13(21)4-6-19(15)25-20(7-8-26-2)23(17)22-16/h3-6,9-10,17,20,24H,7-8,11H2,1-2H3/t17-,20+/m1/s1. The normalized spacial score (nSPS) is 21.0. The van der Waals surface area contributed by atoms with Crippen LogP contribution in [-0.2, 0) is 0 Å². The summed E-state index contributed by atoms with van der Waals surface area (Å²) in [4.78, 5) is 0. The zero-order valence-corrected chi connectivity index (χ0v) is 16.3. The Kier molecular flexibility index (Phi) is 4.76. The summed E-state index contributed by atoms with van der Waals surface area (Å²) in [5.41, 5.74) is 3.85. The molecule has 2 heterocycles. The smallest absolute Gasteiger partial charge is 0.188 e. The summed E-state index contributed by atoms with van der Waals surface area (Å²) < 4.78 is 6.23. The van der Waals surface area contributed by atoms with Crippen LogP contribution in [0.4, 0.5) is 0 Å². The number of rotatable bonds is 4. The second-order valence-corrected chi connectivity index (χ2v) is 8.13. The van der Waals surface area contributed by atoms with Crippen molar-refractivity contribution in [3.8, 4) is 11.5 Å². The largest absolute Gasteiger partial charge is 0.507 e. The van der Waals surface area contributed by atoms with E-state index in [-0.39, 0.29) is 18.0 Å². The lowest BCUT2D eigenvalue weighted by atomic mass is 9.95. The minimum Gasteiger partial charge on any atom is -0.507 e. The van der Waals surface area contributed by atoms with Gasteiger partial charge in [-0.05, 0) is 49.3 Å². The third-order valence-electron chi connectivity index (χ3n) is 4.86. The van der Waals surface area contributed by atoms with Crippen LogP contribution in [0.3, 0.4) is 0 Å². The zero-order valence-electron chi connectivity index (χ0n) is 14.8. The molecule has 0 amide bonds. The van der Waals surface area contributed by atoms with Gasteiger partial charge in [0.25, 0.3) is 0 Å². The van der Waals surface area contributed by atoms with Gasteiger partial charge >= 0.3 is 0 Å². The lowest BCUT2D eigenvalue weighted by Crippen LogP contribution is -2.40. The number of benzene rings is 2. The van der Waals surface area contributed by atoms with Gasteiger partial charge in [0.05, 0.1) is 11.8 Å². The van der Waals surface area contributed by atoms with Crippen LogP contribution in [0.2, 0.25) is 5.02 Å². The van der Waals surface area contributed by atoms with Crippen LogP contribution in [0, 0.1) is 6.92 Å². The molecule has 6 heteroatoms. The van der Waals surface area contributed by atoms with Crippen molar-refractivity contribution < 1.29 is 9.84 Å². The number of halogens is 1. The Morgan fingerprint density at radius 3 is 2.96 bits per heavy atom. The number of phenolic OH excluding ortho intramolecular Hbond substituents is 1. The average Bonchev–Trinajstić information content (AvgIpc) is 3.07. The molecule has 2 aliphatic heterocycles. The molecule has 2 atom stereocenters. The number of hydrogen-bond donors (Lipinski definition) is 1. The Morgan fingerprint density at radius 2 is 2.15 bits per heavy atom. The monoisotopic (exact) mass is 388 g/mol. The molecule has 0 fully saturated rings. The highest BCUT2D eigenvalue weighted by Gasteiger charge is 2.40. The van der Waals surface area contributed by atoms with Crippen molar-refractivity contribution in [1.29, 1.82) is 0 Å². The maximum atomic E-state index is 10.3. The topological polar surface area (TPSA) is 45.1 Å². The zero-order chi connectivity index (χ0) is 18.3. The first-order valence-electron chi connectivity index (χ1n) is 8.67. The molecule has 4 nitrogen and oxygen atoms in total. The second kappa shape index (κ2) is 7.05. The van der Waals surface area contributed by atoms with Gasteiger partial charge in [0.15, 0.2) is 6.23 Å². The van der Waals surface area contributed by atoms with E-state index in [1.165, 1.54) is 0 Å². The fourth-order valence-corrected chi connectivity index (χ4v) is 4.20. The minimum atomic E-state index is -0.106. The van der Waals surface area contributed by atoms with Crippen LogP contribution in [0.1, 0.15) is 35.6 Å². The lowest BCUT2D eigenvalue weighted by molar-refractivity contribution is -0.0180. The van der Waals surface area contributed by atoms with Gasteiger partial charge in [-0.15, -0.1) is 0 Å². The molecule has 4 rings (SSSR count). The molecular formula is C20H21ClN2O2S. The van der Waals surface area contributed by atoms with Crippen LogP contribution >= 0.6 is 23.4 Å². The number of thioether (sulfide) groups is 1. The van der Waals surface area contributed by atoms with Crippen molar-refractivity contribution >= 4 is 29.1 Å². The van der Waals surface area contributed by atoms with Crippen LogP contribution in [0.5, 0.6) is 11.5 Å². The maximum absolute atomic E-state index is 10.3. The van der Waals surface area contributed by atoms with Crippen molar-refractivity contribution in [2.45, 2.75) is 32.0 Å². The number of hydrazone groups is 1.